The summed E-state index contributed by atoms with van der Waals surface area (Å²) in [4.78, 5) is 14.5. The molecule has 1 heterocycles. The first-order valence-electron chi connectivity index (χ1n) is 8.62. The molecule has 0 aromatic heterocycles. The molecule has 1 aromatic rings. The number of carbonyl (C=O) groups is 1. The van der Waals surface area contributed by atoms with Crippen LogP contribution in [0.15, 0.2) is 24.3 Å². The van der Waals surface area contributed by atoms with Crippen molar-refractivity contribution < 1.29 is 19.0 Å². The Morgan fingerprint density at radius 1 is 1.28 bits per heavy atom. The van der Waals surface area contributed by atoms with E-state index in [9.17, 15) is 4.79 Å². The minimum Gasteiger partial charge on any atom is -0.497 e. The zero-order valence-electron chi connectivity index (χ0n) is 15.3. The minimum absolute atomic E-state index is 0.0858. The van der Waals surface area contributed by atoms with Crippen LogP contribution in [-0.4, -0.2) is 64.4 Å². The lowest BCUT2D eigenvalue weighted by Gasteiger charge is -2.26. The Morgan fingerprint density at radius 3 is 2.72 bits per heavy atom. The predicted molar refractivity (Wildman–Crippen MR) is 98.1 cm³/mol. The van der Waals surface area contributed by atoms with Crippen molar-refractivity contribution in [2.75, 3.05) is 53.6 Å². The molecule has 6 nitrogen and oxygen atoms in total. The number of hydrogen-bond acceptors (Lipinski definition) is 5. The van der Waals surface area contributed by atoms with Crippen LogP contribution in [0, 0.1) is 0 Å². The van der Waals surface area contributed by atoms with Gasteiger partial charge >= 0.3 is 0 Å². The fourth-order valence-corrected chi connectivity index (χ4v) is 2.79. The molecule has 0 spiro atoms. The molecular weight excluding hydrogens is 320 g/mol. The number of nitrogens with zero attached hydrogens (tertiary/aromatic N) is 1. The van der Waals surface area contributed by atoms with Gasteiger partial charge in [0.25, 0.3) is 0 Å². The van der Waals surface area contributed by atoms with Crippen LogP contribution < -0.4 is 14.8 Å². The highest BCUT2D eigenvalue weighted by atomic mass is 16.5. The van der Waals surface area contributed by atoms with E-state index in [1.807, 2.05) is 25.1 Å². The van der Waals surface area contributed by atoms with E-state index in [0.717, 1.165) is 56.2 Å². The molecule has 0 radical (unpaired) electrons. The molecule has 1 aliphatic rings. The number of amides is 1. The van der Waals surface area contributed by atoms with Gasteiger partial charge in [-0.15, -0.1) is 0 Å². The van der Waals surface area contributed by atoms with E-state index in [0.29, 0.717) is 12.3 Å². The summed E-state index contributed by atoms with van der Waals surface area (Å²) in [6.07, 6.45) is 2.55. The summed E-state index contributed by atoms with van der Waals surface area (Å²) in [6.45, 7) is 7.11. The molecule has 1 amide bonds. The molecule has 1 saturated heterocycles. The zero-order chi connectivity index (χ0) is 18.1. The highest BCUT2D eigenvalue weighted by molar-refractivity contribution is 5.95. The quantitative estimate of drug-likeness (QED) is 0.575. The SMILES string of the molecule is COc1ccc(/C(C)=C/C(=O)NCCCN2CCOCC2)c(OC)c1. The van der Waals surface area contributed by atoms with Gasteiger partial charge in [-0.1, -0.05) is 0 Å². The molecular formula is C19H28N2O4. The molecule has 1 aromatic carbocycles. The van der Waals surface area contributed by atoms with Gasteiger partial charge in [0.1, 0.15) is 11.5 Å². The van der Waals surface area contributed by atoms with Crippen LogP contribution in [0.3, 0.4) is 0 Å². The first-order chi connectivity index (χ1) is 12.1. The van der Waals surface area contributed by atoms with Gasteiger partial charge in [-0.3, -0.25) is 9.69 Å². The third-order valence-electron chi connectivity index (χ3n) is 4.24. The second kappa shape index (κ2) is 10.1. The number of hydrogen-bond donors (Lipinski definition) is 1. The molecule has 2 rings (SSSR count). The van der Waals surface area contributed by atoms with Crippen molar-refractivity contribution in [1.29, 1.82) is 0 Å². The van der Waals surface area contributed by atoms with Crippen LogP contribution >= 0.6 is 0 Å². The monoisotopic (exact) mass is 348 g/mol. The maximum Gasteiger partial charge on any atom is 0.244 e. The summed E-state index contributed by atoms with van der Waals surface area (Å²) >= 11 is 0. The standard InChI is InChI=1S/C19H28N2O4/c1-15(17-6-5-16(23-2)14-18(17)24-3)13-19(22)20-7-4-8-21-9-11-25-12-10-21/h5-6,13-14H,4,7-12H2,1-3H3,(H,20,22)/b15-13+. The van der Waals surface area contributed by atoms with E-state index in [-0.39, 0.29) is 5.91 Å². The lowest BCUT2D eigenvalue weighted by atomic mass is 10.1. The number of methoxy groups -OCH3 is 2. The summed E-state index contributed by atoms with van der Waals surface area (Å²) in [5.74, 6) is 1.33. The van der Waals surface area contributed by atoms with Gasteiger partial charge in [-0.05, 0) is 37.6 Å². The first-order valence-corrected chi connectivity index (χ1v) is 8.62. The van der Waals surface area contributed by atoms with Crippen molar-refractivity contribution in [3.63, 3.8) is 0 Å². The molecule has 0 aliphatic carbocycles. The number of benzene rings is 1. The fourth-order valence-electron chi connectivity index (χ4n) is 2.79. The largest absolute Gasteiger partial charge is 0.497 e. The second-order valence-corrected chi connectivity index (χ2v) is 5.99. The number of ether oxygens (including phenoxy) is 3. The van der Waals surface area contributed by atoms with Gasteiger partial charge < -0.3 is 19.5 Å². The summed E-state index contributed by atoms with van der Waals surface area (Å²) < 4.78 is 15.9. The molecule has 0 saturated carbocycles. The maximum atomic E-state index is 12.1. The van der Waals surface area contributed by atoms with Gasteiger partial charge in [0.15, 0.2) is 0 Å². The third kappa shape index (κ3) is 6.07. The number of rotatable bonds is 8. The van der Waals surface area contributed by atoms with Crippen LogP contribution in [0.5, 0.6) is 11.5 Å². The molecule has 0 bridgehead atoms. The second-order valence-electron chi connectivity index (χ2n) is 5.99. The predicted octanol–water partition coefficient (Wildman–Crippen LogP) is 1.95. The molecule has 138 valence electrons. The average molecular weight is 348 g/mol. The van der Waals surface area contributed by atoms with Gasteiger partial charge in [0.05, 0.1) is 27.4 Å². The lowest BCUT2D eigenvalue weighted by Crippen LogP contribution is -2.38. The maximum absolute atomic E-state index is 12.1. The van der Waals surface area contributed by atoms with Gasteiger partial charge in [0, 0.05) is 37.3 Å². The average Bonchev–Trinajstić information content (AvgIpc) is 2.65. The van der Waals surface area contributed by atoms with E-state index in [1.165, 1.54) is 0 Å². The lowest BCUT2D eigenvalue weighted by molar-refractivity contribution is -0.116. The zero-order valence-corrected chi connectivity index (χ0v) is 15.3. The van der Waals surface area contributed by atoms with E-state index in [1.54, 1.807) is 20.3 Å². The Hall–Kier alpha value is -2.05. The summed E-state index contributed by atoms with van der Waals surface area (Å²) in [5.41, 5.74) is 1.73. The summed E-state index contributed by atoms with van der Waals surface area (Å²) in [6, 6.07) is 5.57. The molecule has 1 N–H and O–H groups in total. The van der Waals surface area contributed by atoms with Crippen molar-refractivity contribution >= 4 is 11.5 Å². The highest BCUT2D eigenvalue weighted by Crippen LogP contribution is 2.29. The minimum atomic E-state index is -0.0858. The Kier molecular flexibility index (Phi) is 7.76. The van der Waals surface area contributed by atoms with Crippen LogP contribution in [0.1, 0.15) is 18.9 Å². The summed E-state index contributed by atoms with van der Waals surface area (Å²) in [5, 5.41) is 2.94. The van der Waals surface area contributed by atoms with Gasteiger partial charge in [-0.2, -0.15) is 0 Å². The topological polar surface area (TPSA) is 60.0 Å². The molecule has 1 fully saturated rings. The van der Waals surface area contributed by atoms with Gasteiger partial charge in [-0.25, -0.2) is 0 Å². The molecule has 0 unspecified atom stereocenters. The Balaban J connectivity index is 1.83. The van der Waals surface area contributed by atoms with E-state index >= 15 is 0 Å². The van der Waals surface area contributed by atoms with Crippen LogP contribution in [0.2, 0.25) is 0 Å². The smallest absolute Gasteiger partial charge is 0.244 e. The first kappa shape index (κ1) is 19.3. The highest BCUT2D eigenvalue weighted by Gasteiger charge is 2.10. The van der Waals surface area contributed by atoms with E-state index in [4.69, 9.17) is 14.2 Å². The normalized spacial score (nSPS) is 15.7. The molecule has 6 heteroatoms. The van der Waals surface area contributed by atoms with Crippen molar-refractivity contribution in [3.05, 3.63) is 29.8 Å². The Labute approximate surface area is 149 Å². The van der Waals surface area contributed by atoms with Crippen molar-refractivity contribution in [2.24, 2.45) is 0 Å². The van der Waals surface area contributed by atoms with Crippen molar-refractivity contribution in [1.82, 2.24) is 10.2 Å². The van der Waals surface area contributed by atoms with Crippen LogP contribution in [0.25, 0.3) is 5.57 Å². The van der Waals surface area contributed by atoms with Crippen LogP contribution in [0.4, 0.5) is 0 Å². The van der Waals surface area contributed by atoms with Gasteiger partial charge in [0.2, 0.25) is 5.91 Å². The Bertz CT molecular complexity index is 595. The number of allylic oxidation sites excluding steroid dienone is 1. The molecule has 25 heavy (non-hydrogen) atoms. The number of carbonyl (C=O) groups excluding carboxylic acids is 1. The Morgan fingerprint density at radius 2 is 2.04 bits per heavy atom. The fraction of sp³-hybridized carbons (Fsp3) is 0.526. The number of morpholine rings is 1. The number of nitrogens with one attached hydrogen (secondary N) is 1. The van der Waals surface area contributed by atoms with Crippen molar-refractivity contribution in [3.8, 4) is 11.5 Å². The van der Waals surface area contributed by atoms with E-state index < -0.39 is 0 Å². The summed E-state index contributed by atoms with van der Waals surface area (Å²) in [7, 11) is 3.22. The third-order valence-corrected chi connectivity index (χ3v) is 4.24. The van der Waals surface area contributed by atoms with Crippen molar-refractivity contribution in [2.45, 2.75) is 13.3 Å². The molecule has 0 atom stereocenters. The van der Waals surface area contributed by atoms with Crippen LogP contribution in [-0.2, 0) is 9.53 Å². The van der Waals surface area contributed by atoms with E-state index in [2.05, 4.69) is 10.2 Å². The molecule has 1 aliphatic heterocycles.